The van der Waals surface area contributed by atoms with Crippen molar-refractivity contribution < 1.29 is 14.2 Å². The summed E-state index contributed by atoms with van der Waals surface area (Å²) in [7, 11) is 1.68. The highest BCUT2D eigenvalue weighted by Gasteiger charge is 2.05. The molecule has 0 aliphatic rings. The Morgan fingerprint density at radius 2 is 1.53 bits per heavy atom. The van der Waals surface area contributed by atoms with E-state index in [1.807, 2.05) is 0 Å². The van der Waals surface area contributed by atoms with Gasteiger partial charge in [0.15, 0.2) is 0 Å². The fourth-order valence-electron chi connectivity index (χ4n) is 1.95. The lowest BCUT2D eigenvalue weighted by molar-refractivity contribution is 0.0251. The molecule has 0 aromatic carbocycles. The van der Waals surface area contributed by atoms with Crippen LogP contribution in [0.5, 0.6) is 0 Å². The highest BCUT2D eigenvalue weighted by molar-refractivity contribution is 4.65. The summed E-state index contributed by atoms with van der Waals surface area (Å²) >= 11 is 0. The van der Waals surface area contributed by atoms with Crippen molar-refractivity contribution >= 4 is 0 Å². The van der Waals surface area contributed by atoms with Crippen LogP contribution in [0.15, 0.2) is 0 Å². The van der Waals surface area contributed by atoms with Crippen LogP contribution in [0.1, 0.15) is 46.0 Å². The first-order valence-corrected chi connectivity index (χ1v) is 7.72. The first-order chi connectivity index (χ1) is 9.35. The molecule has 0 heterocycles. The number of methoxy groups -OCH3 is 1. The summed E-state index contributed by atoms with van der Waals surface area (Å²) in [6.07, 6.45) is 6.38. The van der Waals surface area contributed by atoms with Crippen molar-refractivity contribution in [3.63, 3.8) is 0 Å². The predicted octanol–water partition coefficient (Wildman–Crippen LogP) is 2.61. The summed E-state index contributed by atoms with van der Waals surface area (Å²) in [5.74, 6) is 0. The Kier molecular flexibility index (Phi) is 15.8. The van der Waals surface area contributed by atoms with Gasteiger partial charge in [0.1, 0.15) is 0 Å². The maximum atomic E-state index is 5.52. The summed E-state index contributed by atoms with van der Waals surface area (Å²) in [5, 5.41) is 3.58. The number of nitrogens with one attached hydrogen (secondary N) is 1. The molecule has 1 N–H and O–H groups in total. The molecular formula is C15H33NO3. The lowest BCUT2D eigenvalue weighted by Crippen LogP contribution is -2.32. The van der Waals surface area contributed by atoms with E-state index in [0.717, 1.165) is 13.2 Å². The molecule has 0 fully saturated rings. The van der Waals surface area contributed by atoms with Crippen LogP contribution in [-0.2, 0) is 14.2 Å². The van der Waals surface area contributed by atoms with Gasteiger partial charge in [-0.1, -0.05) is 33.1 Å². The van der Waals surface area contributed by atoms with E-state index in [2.05, 4.69) is 19.2 Å². The summed E-state index contributed by atoms with van der Waals surface area (Å²) in [4.78, 5) is 0. The number of hydrogen-bond acceptors (Lipinski definition) is 4. The molecule has 4 heteroatoms. The topological polar surface area (TPSA) is 39.7 Å². The summed E-state index contributed by atoms with van der Waals surface area (Å²) < 4.78 is 15.7. The molecule has 0 spiro atoms. The summed E-state index contributed by atoms with van der Waals surface area (Å²) in [6, 6.07) is 0.659. The van der Waals surface area contributed by atoms with Gasteiger partial charge in [-0.05, 0) is 12.8 Å². The van der Waals surface area contributed by atoms with Crippen LogP contribution in [0.2, 0.25) is 0 Å². The molecule has 0 saturated carbocycles. The average molecular weight is 275 g/mol. The third-order valence-corrected chi connectivity index (χ3v) is 3.03. The molecule has 0 rings (SSSR count). The van der Waals surface area contributed by atoms with Crippen molar-refractivity contribution in [1.29, 1.82) is 0 Å². The Morgan fingerprint density at radius 1 is 0.842 bits per heavy atom. The number of rotatable bonds is 15. The van der Waals surface area contributed by atoms with Crippen molar-refractivity contribution in [2.75, 3.05) is 46.7 Å². The van der Waals surface area contributed by atoms with Crippen LogP contribution in [-0.4, -0.2) is 52.7 Å². The van der Waals surface area contributed by atoms with E-state index in [-0.39, 0.29) is 0 Å². The molecule has 0 aromatic heterocycles. The summed E-state index contributed by atoms with van der Waals surface area (Å²) in [5.41, 5.74) is 0. The molecule has 0 bridgehead atoms. The maximum Gasteiger partial charge on any atom is 0.0701 e. The Bertz CT molecular complexity index is 167. The number of ether oxygens (including phenoxy) is 3. The molecule has 0 aliphatic heterocycles. The number of hydrogen-bond donors (Lipinski definition) is 1. The third-order valence-electron chi connectivity index (χ3n) is 3.03. The van der Waals surface area contributed by atoms with Gasteiger partial charge in [-0.15, -0.1) is 0 Å². The fraction of sp³-hybridized carbons (Fsp3) is 1.00. The van der Waals surface area contributed by atoms with E-state index >= 15 is 0 Å². The van der Waals surface area contributed by atoms with Gasteiger partial charge in [-0.3, -0.25) is 0 Å². The van der Waals surface area contributed by atoms with E-state index < -0.39 is 0 Å². The van der Waals surface area contributed by atoms with E-state index in [0.29, 0.717) is 32.5 Å². The molecule has 0 radical (unpaired) electrons. The van der Waals surface area contributed by atoms with Crippen molar-refractivity contribution in [1.82, 2.24) is 5.32 Å². The molecule has 4 nitrogen and oxygen atoms in total. The first-order valence-electron chi connectivity index (χ1n) is 7.72. The monoisotopic (exact) mass is 275 g/mol. The lowest BCUT2D eigenvalue weighted by atomic mass is 10.1. The van der Waals surface area contributed by atoms with Gasteiger partial charge in [0.2, 0.25) is 0 Å². The quantitative estimate of drug-likeness (QED) is 0.466. The van der Waals surface area contributed by atoms with Gasteiger partial charge in [0.05, 0.1) is 33.0 Å². The molecule has 0 amide bonds. The van der Waals surface area contributed by atoms with Crippen molar-refractivity contribution in [3.8, 4) is 0 Å². The zero-order chi connectivity index (χ0) is 14.2. The Labute approximate surface area is 119 Å². The van der Waals surface area contributed by atoms with Crippen LogP contribution in [0.25, 0.3) is 0 Å². The molecule has 116 valence electrons. The molecular weight excluding hydrogens is 242 g/mol. The van der Waals surface area contributed by atoms with Crippen molar-refractivity contribution in [2.45, 2.75) is 52.0 Å². The third kappa shape index (κ3) is 14.1. The fourth-order valence-corrected chi connectivity index (χ4v) is 1.95. The van der Waals surface area contributed by atoms with Crippen LogP contribution >= 0.6 is 0 Å². The zero-order valence-corrected chi connectivity index (χ0v) is 13.1. The lowest BCUT2D eigenvalue weighted by Gasteiger charge is -2.17. The molecule has 0 aromatic rings. The predicted molar refractivity (Wildman–Crippen MR) is 79.7 cm³/mol. The largest absolute Gasteiger partial charge is 0.382 e. The second kappa shape index (κ2) is 15.9. The highest BCUT2D eigenvalue weighted by atomic mass is 16.5. The second-order valence-corrected chi connectivity index (χ2v) is 4.80. The van der Waals surface area contributed by atoms with Gasteiger partial charge in [-0.25, -0.2) is 0 Å². The minimum absolute atomic E-state index is 0.647. The maximum absolute atomic E-state index is 5.52. The van der Waals surface area contributed by atoms with E-state index in [4.69, 9.17) is 14.2 Å². The van der Waals surface area contributed by atoms with Crippen molar-refractivity contribution in [2.24, 2.45) is 0 Å². The van der Waals surface area contributed by atoms with Crippen LogP contribution in [0.3, 0.4) is 0 Å². The molecule has 0 aliphatic carbocycles. The van der Waals surface area contributed by atoms with Gasteiger partial charge in [-0.2, -0.15) is 0 Å². The van der Waals surface area contributed by atoms with Gasteiger partial charge in [0.25, 0.3) is 0 Å². The molecule has 19 heavy (non-hydrogen) atoms. The Morgan fingerprint density at radius 3 is 2.16 bits per heavy atom. The SMILES string of the molecule is CCCCC(CCC)NCCOCCOCCOC. The molecule has 1 atom stereocenters. The van der Waals surface area contributed by atoms with Crippen LogP contribution < -0.4 is 5.32 Å². The van der Waals surface area contributed by atoms with Gasteiger partial charge in [0, 0.05) is 19.7 Å². The smallest absolute Gasteiger partial charge is 0.0701 e. The zero-order valence-electron chi connectivity index (χ0n) is 13.1. The van der Waals surface area contributed by atoms with Crippen LogP contribution in [0, 0.1) is 0 Å². The van der Waals surface area contributed by atoms with E-state index in [1.54, 1.807) is 7.11 Å². The van der Waals surface area contributed by atoms with E-state index in [9.17, 15) is 0 Å². The van der Waals surface area contributed by atoms with Gasteiger partial charge >= 0.3 is 0 Å². The minimum atomic E-state index is 0.647. The molecule has 1 unspecified atom stereocenters. The second-order valence-electron chi connectivity index (χ2n) is 4.80. The van der Waals surface area contributed by atoms with Crippen LogP contribution in [0.4, 0.5) is 0 Å². The van der Waals surface area contributed by atoms with Gasteiger partial charge < -0.3 is 19.5 Å². The Balaban J connectivity index is 3.29. The average Bonchev–Trinajstić information content (AvgIpc) is 2.42. The number of unbranched alkanes of at least 4 members (excludes halogenated alkanes) is 1. The summed E-state index contributed by atoms with van der Waals surface area (Å²) in [6.45, 7) is 8.80. The normalized spacial score (nSPS) is 12.8. The highest BCUT2D eigenvalue weighted by Crippen LogP contribution is 2.06. The molecule has 0 saturated heterocycles. The Hall–Kier alpha value is -0.160. The standard InChI is InChI=1S/C15H33NO3/c1-4-6-8-15(7-5-2)16-9-10-18-13-14-19-12-11-17-3/h15-16H,4-14H2,1-3H3. The first kappa shape index (κ1) is 18.8. The van der Waals surface area contributed by atoms with Crippen molar-refractivity contribution in [3.05, 3.63) is 0 Å². The van der Waals surface area contributed by atoms with E-state index in [1.165, 1.54) is 32.1 Å². The minimum Gasteiger partial charge on any atom is -0.382 e.